The van der Waals surface area contributed by atoms with Gasteiger partial charge in [-0.15, -0.1) is 0 Å². The summed E-state index contributed by atoms with van der Waals surface area (Å²) in [6.07, 6.45) is 6.78. The number of rotatable bonds is 12. The van der Waals surface area contributed by atoms with Crippen LogP contribution in [0, 0.1) is 18.6 Å². The number of anilines is 1. The number of urea groups is 1. The zero-order chi connectivity index (χ0) is 44.8. The van der Waals surface area contributed by atoms with E-state index in [1.807, 2.05) is 50.1 Å². The Kier molecular flexibility index (Phi) is 22.5. The van der Waals surface area contributed by atoms with Crippen LogP contribution < -0.4 is 21.7 Å². The monoisotopic (exact) mass is 843 g/mol. The number of likely N-dealkylation sites (N-methyl/N-ethyl adjacent to an activating group) is 1. The Bertz CT molecular complexity index is 1680. The standard InChI is InChI=1S/C23H36N4O6.C11H15N3O2.C7H6F2.C2H6/c1-16(15-28)24-21(30)17-7-3-4-12-27(17)22(31)18-8-6-13-26(18)20(29)10-14-33-23(32)19-9-5-11-25(19)2;1-2-8-3-5-9(6-4-8)14-11(16)13-7-10(12)15;1-5-2-6(8)4-7(9)3-5;1-2/h15-19H,3-14H2,1-2H3,(H,24,30);3-6H,2,7H2,1H3,(H2,12,15)(H2,13,14,16);2-4H,1H3;1-2H3. The van der Waals surface area contributed by atoms with E-state index in [0.29, 0.717) is 49.9 Å². The van der Waals surface area contributed by atoms with Gasteiger partial charge in [0.05, 0.1) is 19.0 Å². The van der Waals surface area contributed by atoms with Crippen LogP contribution >= 0.6 is 0 Å². The minimum atomic E-state index is -0.629. The highest BCUT2D eigenvalue weighted by Crippen LogP contribution is 2.25. The summed E-state index contributed by atoms with van der Waals surface area (Å²) >= 11 is 0. The van der Waals surface area contributed by atoms with Gasteiger partial charge in [0.2, 0.25) is 23.6 Å². The van der Waals surface area contributed by atoms with E-state index in [-0.39, 0.29) is 49.3 Å². The molecule has 6 amide bonds. The third-order valence-corrected chi connectivity index (χ3v) is 9.92. The van der Waals surface area contributed by atoms with E-state index < -0.39 is 41.7 Å². The molecule has 3 fully saturated rings. The fourth-order valence-corrected chi connectivity index (χ4v) is 6.88. The number of piperidine rings is 1. The van der Waals surface area contributed by atoms with Crippen LogP contribution in [0.5, 0.6) is 0 Å². The zero-order valence-electron chi connectivity index (χ0n) is 35.8. The molecule has 332 valence electrons. The van der Waals surface area contributed by atoms with Gasteiger partial charge in [-0.2, -0.15) is 0 Å². The Labute approximate surface area is 352 Å². The Balaban J connectivity index is 0.000000377. The molecule has 17 heteroatoms. The van der Waals surface area contributed by atoms with Gasteiger partial charge in [0, 0.05) is 24.8 Å². The summed E-state index contributed by atoms with van der Waals surface area (Å²) in [5.41, 5.74) is 7.37. The van der Waals surface area contributed by atoms with E-state index in [2.05, 4.69) is 22.9 Å². The number of nitrogens with zero attached hydrogens (tertiary/aromatic N) is 3. The molecule has 3 aliphatic heterocycles. The number of amides is 6. The summed E-state index contributed by atoms with van der Waals surface area (Å²) in [5.74, 6) is -2.68. The minimum absolute atomic E-state index is 0.00224. The molecule has 3 aliphatic rings. The number of hydrogen-bond acceptors (Lipinski definition) is 9. The molecule has 4 unspecified atom stereocenters. The molecule has 4 atom stereocenters. The average molecular weight is 844 g/mol. The lowest BCUT2D eigenvalue weighted by atomic mass is 9.99. The number of benzene rings is 2. The van der Waals surface area contributed by atoms with Crippen molar-refractivity contribution in [3.8, 4) is 0 Å². The molecule has 5 rings (SSSR count). The number of halogens is 2. The van der Waals surface area contributed by atoms with Crippen LogP contribution in [0.25, 0.3) is 0 Å². The molecular weight excluding hydrogens is 781 g/mol. The van der Waals surface area contributed by atoms with Crippen LogP contribution in [0.1, 0.15) is 90.2 Å². The second kappa shape index (κ2) is 26.6. The lowest BCUT2D eigenvalue weighted by molar-refractivity contribution is -0.152. The SMILES string of the molecule is CC.CC(C=O)NC(=O)C1CCCCN1C(=O)C1CCCN1C(=O)CCOC(=O)C1CCCN1C.CCc1ccc(NC(=O)NCC(N)=O)cc1.Cc1cc(F)cc(F)c1. The van der Waals surface area contributed by atoms with E-state index in [1.54, 1.807) is 23.6 Å². The first-order valence-electron chi connectivity index (χ1n) is 20.7. The number of nitrogens with one attached hydrogen (secondary N) is 3. The van der Waals surface area contributed by atoms with Crippen molar-refractivity contribution < 1.29 is 47.1 Å². The second-order valence-electron chi connectivity index (χ2n) is 14.5. The Morgan fingerprint density at radius 1 is 0.867 bits per heavy atom. The van der Waals surface area contributed by atoms with Gasteiger partial charge >= 0.3 is 12.0 Å². The molecule has 2 aromatic carbocycles. The van der Waals surface area contributed by atoms with Crippen LogP contribution in [0.3, 0.4) is 0 Å². The van der Waals surface area contributed by atoms with Crippen molar-refractivity contribution in [3.63, 3.8) is 0 Å². The van der Waals surface area contributed by atoms with Gasteiger partial charge in [-0.1, -0.05) is 32.9 Å². The average Bonchev–Trinajstić information content (AvgIpc) is 3.90. The molecular formula is C43H63F2N7O8. The first-order chi connectivity index (χ1) is 28.6. The maximum atomic E-state index is 13.4. The fraction of sp³-hybridized carbons (Fsp3) is 0.558. The smallest absolute Gasteiger partial charge is 0.323 e. The third-order valence-electron chi connectivity index (χ3n) is 9.92. The molecule has 0 saturated carbocycles. The molecule has 3 saturated heterocycles. The number of carbonyl (C=O) groups is 7. The lowest BCUT2D eigenvalue weighted by Gasteiger charge is -2.38. The predicted molar refractivity (Wildman–Crippen MR) is 223 cm³/mol. The predicted octanol–water partition coefficient (Wildman–Crippen LogP) is 4.24. The van der Waals surface area contributed by atoms with Gasteiger partial charge in [-0.05, 0) is 114 Å². The van der Waals surface area contributed by atoms with Crippen molar-refractivity contribution in [2.75, 3.05) is 45.2 Å². The quantitative estimate of drug-likeness (QED) is 0.178. The molecule has 3 heterocycles. The molecule has 15 nitrogen and oxygen atoms in total. The topological polar surface area (TPSA) is 201 Å². The van der Waals surface area contributed by atoms with Crippen LogP contribution in [0.4, 0.5) is 19.3 Å². The number of aldehydes is 1. The Morgan fingerprint density at radius 3 is 2.03 bits per heavy atom. The largest absolute Gasteiger partial charge is 0.464 e. The molecule has 60 heavy (non-hydrogen) atoms. The van der Waals surface area contributed by atoms with Gasteiger partial charge in [-0.3, -0.25) is 28.9 Å². The van der Waals surface area contributed by atoms with E-state index >= 15 is 0 Å². The summed E-state index contributed by atoms with van der Waals surface area (Å²) in [5, 5.41) is 7.57. The van der Waals surface area contributed by atoms with E-state index in [1.165, 1.54) is 17.7 Å². The molecule has 2 aromatic rings. The zero-order valence-corrected chi connectivity index (χ0v) is 35.8. The third kappa shape index (κ3) is 17.0. The highest BCUT2D eigenvalue weighted by Gasteiger charge is 2.41. The number of aryl methyl sites for hydroxylation is 2. The van der Waals surface area contributed by atoms with Crippen LogP contribution in [-0.2, 0) is 39.9 Å². The van der Waals surface area contributed by atoms with Crippen molar-refractivity contribution in [2.24, 2.45) is 5.73 Å². The summed E-state index contributed by atoms with van der Waals surface area (Å²) in [6.45, 7) is 10.9. The van der Waals surface area contributed by atoms with E-state index in [9.17, 15) is 42.3 Å². The molecule has 0 bridgehead atoms. The second-order valence-corrected chi connectivity index (χ2v) is 14.5. The van der Waals surface area contributed by atoms with Crippen molar-refractivity contribution in [3.05, 3.63) is 65.2 Å². The number of hydrogen-bond donors (Lipinski definition) is 4. The van der Waals surface area contributed by atoms with Crippen molar-refractivity contribution in [1.29, 1.82) is 0 Å². The molecule has 0 aromatic heterocycles. The van der Waals surface area contributed by atoms with Crippen LogP contribution in [0.15, 0.2) is 42.5 Å². The Hall–Kier alpha value is -5.45. The van der Waals surface area contributed by atoms with Crippen molar-refractivity contribution >= 4 is 47.6 Å². The summed E-state index contributed by atoms with van der Waals surface area (Å²) in [6, 6.07) is 8.36. The lowest BCUT2D eigenvalue weighted by Crippen LogP contribution is -2.57. The molecule has 5 N–H and O–H groups in total. The maximum Gasteiger partial charge on any atom is 0.323 e. The van der Waals surface area contributed by atoms with Gasteiger partial charge in [0.25, 0.3) is 0 Å². The molecule has 0 radical (unpaired) electrons. The van der Waals surface area contributed by atoms with E-state index in [4.69, 9.17) is 10.5 Å². The maximum absolute atomic E-state index is 13.4. The number of likely N-dealkylation sites (tertiary alicyclic amines) is 3. The van der Waals surface area contributed by atoms with E-state index in [0.717, 1.165) is 44.7 Å². The van der Waals surface area contributed by atoms with Crippen LogP contribution in [-0.4, -0.2) is 121 Å². The summed E-state index contributed by atoms with van der Waals surface area (Å²) in [7, 11) is 1.89. The first-order valence-corrected chi connectivity index (χ1v) is 20.7. The molecule has 0 spiro atoms. The number of esters is 1. The van der Waals surface area contributed by atoms with Gasteiger partial charge < -0.3 is 41.0 Å². The highest BCUT2D eigenvalue weighted by atomic mass is 19.1. The summed E-state index contributed by atoms with van der Waals surface area (Å²) in [4.78, 5) is 88.8. The molecule has 0 aliphatic carbocycles. The highest BCUT2D eigenvalue weighted by molar-refractivity contribution is 5.93. The number of nitrogens with two attached hydrogens (primary N) is 1. The van der Waals surface area contributed by atoms with Gasteiger partial charge in [0.1, 0.15) is 42.7 Å². The van der Waals surface area contributed by atoms with Gasteiger partial charge in [-0.25, -0.2) is 13.6 Å². The summed E-state index contributed by atoms with van der Waals surface area (Å²) < 4.78 is 29.7. The normalized spacial score (nSPS) is 18.8. The number of carbonyl (C=O) groups excluding carboxylic acids is 7. The number of ether oxygens (including phenoxy) is 1. The van der Waals surface area contributed by atoms with Crippen LogP contribution in [0.2, 0.25) is 0 Å². The number of primary amides is 1. The van der Waals surface area contributed by atoms with Gasteiger partial charge in [0.15, 0.2) is 0 Å². The van der Waals surface area contributed by atoms with Crippen molar-refractivity contribution in [1.82, 2.24) is 25.3 Å². The minimum Gasteiger partial charge on any atom is -0.464 e. The first kappa shape index (κ1) is 50.7. The van der Waals surface area contributed by atoms with Crippen molar-refractivity contribution in [2.45, 2.75) is 117 Å². The Morgan fingerprint density at radius 2 is 1.47 bits per heavy atom. The fourth-order valence-electron chi connectivity index (χ4n) is 6.88.